The van der Waals surface area contributed by atoms with Crippen molar-refractivity contribution in [1.29, 1.82) is 0 Å². The molecule has 30 heavy (non-hydrogen) atoms. The lowest BCUT2D eigenvalue weighted by atomic mass is 9.81. The lowest BCUT2D eigenvalue weighted by Gasteiger charge is -2.22. The van der Waals surface area contributed by atoms with E-state index in [4.69, 9.17) is 4.74 Å². The van der Waals surface area contributed by atoms with Crippen molar-refractivity contribution in [2.75, 3.05) is 32.1 Å². The molecular formula is C22H29N3O5. The predicted molar refractivity (Wildman–Crippen MR) is 111 cm³/mol. The first-order valence-corrected chi connectivity index (χ1v) is 10.5. The molecule has 8 nitrogen and oxygen atoms in total. The Labute approximate surface area is 176 Å². The number of anilines is 1. The van der Waals surface area contributed by atoms with Crippen molar-refractivity contribution < 1.29 is 23.9 Å². The van der Waals surface area contributed by atoms with E-state index in [0.717, 1.165) is 25.7 Å². The lowest BCUT2D eigenvalue weighted by Crippen LogP contribution is -2.40. The molecule has 2 fully saturated rings. The van der Waals surface area contributed by atoms with Crippen LogP contribution >= 0.6 is 0 Å². The van der Waals surface area contributed by atoms with Gasteiger partial charge in [-0.05, 0) is 31.9 Å². The third kappa shape index (κ3) is 4.80. The maximum Gasteiger partial charge on any atom is 0.243 e. The van der Waals surface area contributed by atoms with Crippen molar-refractivity contribution in [1.82, 2.24) is 9.80 Å². The van der Waals surface area contributed by atoms with Gasteiger partial charge in [-0.3, -0.25) is 24.1 Å². The summed E-state index contributed by atoms with van der Waals surface area (Å²) in [4.78, 5) is 52.7. The summed E-state index contributed by atoms with van der Waals surface area (Å²) in [6, 6.07) is 6.97. The van der Waals surface area contributed by atoms with Gasteiger partial charge in [0, 0.05) is 31.3 Å². The van der Waals surface area contributed by atoms with Gasteiger partial charge in [0.2, 0.25) is 23.6 Å². The van der Waals surface area contributed by atoms with Crippen LogP contribution in [0.4, 0.5) is 5.69 Å². The average Bonchev–Trinajstić information content (AvgIpc) is 3.00. The van der Waals surface area contributed by atoms with Gasteiger partial charge < -0.3 is 15.0 Å². The molecule has 8 heteroatoms. The Kier molecular flexibility index (Phi) is 7.07. The molecule has 2 unspecified atom stereocenters. The van der Waals surface area contributed by atoms with E-state index in [0.29, 0.717) is 18.0 Å². The fraction of sp³-hybridized carbons (Fsp3) is 0.545. The molecule has 4 amide bonds. The number of hydrogen-bond acceptors (Lipinski definition) is 5. The van der Waals surface area contributed by atoms with E-state index in [1.807, 2.05) is 0 Å². The van der Waals surface area contributed by atoms with Crippen molar-refractivity contribution in [3.8, 4) is 5.75 Å². The van der Waals surface area contributed by atoms with Crippen LogP contribution in [0.1, 0.15) is 39.0 Å². The summed E-state index contributed by atoms with van der Waals surface area (Å²) < 4.78 is 5.13. The number of benzene rings is 1. The SMILES string of the molecule is CCN(CC(=O)Nc1cccc(OC)c1)C(=O)CCN1C(=O)C2CCCCC2C1=O. The van der Waals surface area contributed by atoms with Crippen LogP contribution in [-0.4, -0.2) is 60.2 Å². The van der Waals surface area contributed by atoms with Crippen molar-refractivity contribution in [3.05, 3.63) is 24.3 Å². The maximum absolute atomic E-state index is 12.6. The van der Waals surface area contributed by atoms with Crippen molar-refractivity contribution >= 4 is 29.3 Å². The molecule has 1 saturated carbocycles. The van der Waals surface area contributed by atoms with Gasteiger partial charge in [-0.15, -0.1) is 0 Å². The molecule has 1 N–H and O–H groups in total. The Morgan fingerprint density at radius 2 is 1.83 bits per heavy atom. The number of fused-ring (bicyclic) bond motifs is 1. The molecule has 1 heterocycles. The van der Waals surface area contributed by atoms with Crippen LogP contribution in [0, 0.1) is 11.8 Å². The molecule has 1 aromatic rings. The molecule has 1 aromatic carbocycles. The molecule has 0 aromatic heterocycles. The zero-order valence-corrected chi connectivity index (χ0v) is 17.6. The molecule has 0 spiro atoms. The minimum atomic E-state index is -0.321. The number of ether oxygens (including phenoxy) is 1. The highest BCUT2D eigenvalue weighted by Gasteiger charge is 2.47. The van der Waals surface area contributed by atoms with Crippen molar-refractivity contribution in [2.45, 2.75) is 39.0 Å². The highest BCUT2D eigenvalue weighted by molar-refractivity contribution is 6.05. The van der Waals surface area contributed by atoms with Crippen LogP contribution in [0.3, 0.4) is 0 Å². The van der Waals surface area contributed by atoms with Gasteiger partial charge in [-0.25, -0.2) is 0 Å². The molecule has 0 bridgehead atoms. The quantitative estimate of drug-likeness (QED) is 0.656. The molecular weight excluding hydrogens is 386 g/mol. The average molecular weight is 415 g/mol. The highest BCUT2D eigenvalue weighted by Crippen LogP contribution is 2.38. The summed E-state index contributed by atoms with van der Waals surface area (Å²) in [5, 5.41) is 2.75. The minimum Gasteiger partial charge on any atom is -0.497 e. The van der Waals surface area contributed by atoms with E-state index in [2.05, 4.69) is 5.32 Å². The number of imide groups is 1. The standard InChI is InChI=1S/C22H29N3O5/c1-3-24(14-19(26)23-15-7-6-8-16(13-15)30-2)20(27)11-12-25-21(28)17-9-4-5-10-18(17)22(25)29/h6-8,13,17-18H,3-5,9-12,14H2,1-2H3,(H,23,26). The molecule has 2 atom stereocenters. The first-order valence-electron chi connectivity index (χ1n) is 10.5. The van der Waals surface area contributed by atoms with Crippen molar-refractivity contribution in [3.63, 3.8) is 0 Å². The first kappa shape index (κ1) is 21.8. The number of rotatable bonds is 8. The molecule has 162 valence electrons. The highest BCUT2D eigenvalue weighted by atomic mass is 16.5. The van der Waals surface area contributed by atoms with Crippen LogP contribution < -0.4 is 10.1 Å². The summed E-state index contributed by atoms with van der Waals surface area (Å²) in [6.07, 6.45) is 3.48. The van der Waals surface area contributed by atoms with Gasteiger partial charge in [0.25, 0.3) is 0 Å². The summed E-state index contributed by atoms with van der Waals surface area (Å²) in [5.74, 6) is -0.662. The Bertz CT molecular complexity index is 801. The van der Waals surface area contributed by atoms with Gasteiger partial charge >= 0.3 is 0 Å². The summed E-state index contributed by atoms with van der Waals surface area (Å²) in [5.41, 5.74) is 0.582. The predicted octanol–water partition coefficient (Wildman–Crippen LogP) is 2.05. The fourth-order valence-corrected chi connectivity index (χ4v) is 4.27. The second-order valence-corrected chi connectivity index (χ2v) is 7.76. The molecule has 2 aliphatic rings. The first-order chi connectivity index (χ1) is 14.4. The second kappa shape index (κ2) is 9.73. The Morgan fingerprint density at radius 1 is 1.17 bits per heavy atom. The monoisotopic (exact) mass is 415 g/mol. The molecule has 3 rings (SSSR count). The third-order valence-corrected chi connectivity index (χ3v) is 5.90. The summed E-state index contributed by atoms with van der Waals surface area (Å²) >= 11 is 0. The number of nitrogens with one attached hydrogen (secondary N) is 1. The van der Waals surface area contributed by atoms with Gasteiger partial charge in [0.15, 0.2) is 0 Å². The number of methoxy groups -OCH3 is 1. The van der Waals surface area contributed by atoms with Crippen LogP contribution in [0.15, 0.2) is 24.3 Å². The van der Waals surface area contributed by atoms with Crippen LogP contribution in [0.2, 0.25) is 0 Å². The van der Waals surface area contributed by atoms with E-state index < -0.39 is 0 Å². The summed E-state index contributed by atoms with van der Waals surface area (Å²) in [7, 11) is 1.54. The summed E-state index contributed by atoms with van der Waals surface area (Å²) in [6.45, 7) is 2.13. The fourth-order valence-electron chi connectivity index (χ4n) is 4.27. The third-order valence-electron chi connectivity index (χ3n) is 5.90. The van der Waals surface area contributed by atoms with E-state index >= 15 is 0 Å². The lowest BCUT2D eigenvalue weighted by molar-refractivity contribution is -0.141. The number of amides is 4. The molecule has 1 saturated heterocycles. The second-order valence-electron chi connectivity index (χ2n) is 7.76. The number of carbonyl (C=O) groups excluding carboxylic acids is 4. The van der Waals surface area contributed by atoms with E-state index in [9.17, 15) is 19.2 Å². The number of hydrogen-bond donors (Lipinski definition) is 1. The van der Waals surface area contributed by atoms with E-state index in [-0.39, 0.29) is 55.0 Å². The van der Waals surface area contributed by atoms with E-state index in [1.165, 1.54) is 9.80 Å². The number of likely N-dealkylation sites (tertiary alicyclic amines) is 1. The minimum absolute atomic E-state index is 0.0250. The Morgan fingerprint density at radius 3 is 2.43 bits per heavy atom. The normalized spacial score (nSPS) is 20.7. The molecule has 1 aliphatic carbocycles. The van der Waals surface area contributed by atoms with Gasteiger partial charge in [-0.2, -0.15) is 0 Å². The van der Waals surface area contributed by atoms with Crippen LogP contribution in [0.5, 0.6) is 5.75 Å². The van der Waals surface area contributed by atoms with Crippen LogP contribution in [0.25, 0.3) is 0 Å². The number of carbonyl (C=O) groups is 4. The van der Waals surface area contributed by atoms with Crippen molar-refractivity contribution in [2.24, 2.45) is 11.8 Å². The van der Waals surface area contributed by atoms with Crippen LogP contribution in [-0.2, 0) is 19.2 Å². The Balaban J connectivity index is 1.52. The van der Waals surface area contributed by atoms with Gasteiger partial charge in [0.05, 0.1) is 25.5 Å². The zero-order chi connectivity index (χ0) is 21.7. The zero-order valence-electron chi connectivity index (χ0n) is 17.6. The topological polar surface area (TPSA) is 96.0 Å². The van der Waals surface area contributed by atoms with Gasteiger partial charge in [-0.1, -0.05) is 18.9 Å². The van der Waals surface area contributed by atoms with Gasteiger partial charge in [0.1, 0.15) is 5.75 Å². The van der Waals surface area contributed by atoms with E-state index in [1.54, 1.807) is 38.3 Å². The maximum atomic E-state index is 12.6. The molecule has 0 radical (unpaired) electrons. The smallest absolute Gasteiger partial charge is 0.243 e. The number of likely N-dealkylation sites (N-methyl/N-ethyl adjacent to an activating group) is 1. The molecule has 1 aliphatic heterocycles. The Hall–Kier alpha value is -2.90. The number of nitrogens with zero attached hydrogens (tertiary/aromatic N) is 2. The largest absolute Gasteiger partial charge is 0.497 e.